The maximum atomic E-state index is 6.67. The Morgan fingerprint density at radius 1 is 0.632 bits per heavy atom. The zero-order valence-corrected chi connectivity index (χ0v) is 21.0. The van der Waals surface area contributed by atoms with Crippen molar-refractivity contribution in [3.05, 3.63) is 133 Å². The Morgan fingerprint density at radius 3 is 2.08 bits per heavy atom. The number of benzene rings is 5. The second-order valence-electron chi connectivity index (χ2n) is 10.3. The molecule has 0 radical (unpaired) electrons. The quantitative estimate of drug-likeness (QED) is 0.266. The van der Waals surface area contributed by atoms with Crippen molar-refractivity contribution < 1.29 is 0 Å². The molecule has 2 nitrogen and oxygen atoms in total. The summed E-state index contributed by atoms with van der Waals surface area (Å²) in [5, 5.41) is 3.87. The molecule has 0 fully saturated rings. The van der Waals surface area contributed by atoms with E-state index in [-0.39, 0.29) is 0 Å². The van der Waals surface area contributed by atoms with Crippen LogP contribution in [0, 0.1) is 0 Å². The van der Waals surface area contributed by atoms with E-state index >= 15 is 0 Å². The zero-order chi connectivity index (χ0) is 25.4. The Kier molecular flexibility index (Phi) is 4.39. The van der Waals surface area contributed by atoms with Crippen LogP contribution in [0.15, 0.2) is 121 Å². The topological polar surface area (TPSA) is 30.9 Å². The van der Waals surface area contributed by atoms with E-state index in [0.29, 0.717) is 0 Å². The number of fused-ring (bicyclic) bond motifs is 6. The van der Waals surface area contributed by atoms with Crippen molar-refractivity contribution in [3.63, 3.8) is 0 Å². The van der Waals surface area contributed by atoms with Gasteiger partial charge in [0.05, 0.1) is 5.52 Å². The van der Waals surface area contributed by atoms with Crippen LogP contribution in [0.2, 0.25) is 0 Å². The molecule has 0 bridgehead atoms. The third-order valence-electron chi connectivity index (χ3n) is 8.45. The second-order valence-corrected chi connectivity index (χ2v) is 10.3. The molecule has 0 unspecified atom stereocenters. The zero-order valence-electron chi connectivity index (χ0n) is 21.0. The predicted octanol–water partition coefficient (Wildman–Crippen LogP) is 8.90. The highest BCUT2D eigenvalue weighted by Gasteiger charge is 2.25. The lowest BCUT2D eigenvalue weighted by Crippen LogP contribution is -2.12. The first-order chi connectivity index (χ1) is 18.7. The Hall–Kier alpha value is -4.82. The standard InChI is InChI=1S/C36H26N2/c1-2-22-16-21-33-35(36(22)37)31-10-5-6-13-32(31)38(33)24-17-14-23(15-18-24)25-19-20-30-27-9-4-3-8-26(27)29-12-7-11-28(25)34(29)30/h2-15,17-20H,1,16,21,37H2. The molecular weight excluding hydrogens is 460 g/mol. The number of para-hydroxylation sites is 1. The minimum Gasteiger partial charge on any atom is -0.398 e. The molecule has 2 N–H and O–H groups in total. The van der Waals surface area contributed by atoms with E-state index in [4.69, 9.17) is 5.73 Å². The van der Waals surface area contributed by atoms with Gasteiger partial charge in [0.1, 0.15) is 0 Å². The number of allylic oxidation sites excluding steroid dienone is 2. The van der Waals surface area contributed by atoms with Gasteiger partial charge in [0.2, 0.25) is 0 Å². The normalized spacial score (nSPS) is 13.7. The first-order valence-corrected chi connectivity index (χ1v) is 13.2. The molecule has 0 saturated carbocycles. The molecule has 0 amide bonds. The fraction of sp³-hybridized carbons (Fsp3) is 0.0556. The van der Waals surface area contributed by atoms with Gasteiger partial charge >= 0.3 is 0 Å². The molecule has 0 atom stereocenters. The van der Waals surface area contributed by atoms with Crippen molar-refractivity contribution >= 4 is 27.4 Å². The van der Waals surface area contributed by atoms with Gasteiger partial charge in [-0.2, -0.15) is 0 Å². The molecule has 8 rings (SSSR count). The molecule has 180 valence electrons. The van der Waals surface area contributed by atoms with Crippen LogP contribution >= 0.6 is 0 Å². The lowest BCUT2D eigenvalue weighted by atomic mass is 9.92. The third kappa shape index (κ3) is 2.77. The van der Waals surface area contributed by atoms with E-state index in [1.54, 1.807) is 0 Å². The summed E-state index contributed by atoms with van der Waals surface area (Å²) in [6.45, 7) is 3.99. The van der Waals surface area contributed by atoms with Gasteiger partial charge in [-0.3, -0.25) is 0 Å². The fourth-order valence-corrected chi connectivity index (χ4v) is 6.74. The molecule has 0 aliphatic heterocycles. The molecule has 2 aliphatic rings. The Morgan fingerprint density at radius 2 is 1.29 bits per heavy atom. The van der Waals surface area contributed by atoms with Gasteiger partial charge in [0.25, 0.3) is 0 Å². The Labute approximate surface area is 222 Å². The van der Waals surface area contributed by atoms with Crippen LogP contribution in [0.25, 0.3) is 66.4 Å². The highest BCUT2D eigenvalue weighted by Crippen LogP contribution is 2.49. The van der Waals surface area contributed by atoms with Crippen LogP contribution in [0.4, 0.5) is 0 Å². The average Bonchev–Trinajstić information content (AvgIpc) is 3.48. The maximum absolute atomic E-state index is 6.67. The van der Waals surface area contributed by atoms with Crippen molar-refractivity contribution in [2.75, 3.05) is 0 Å². The van der Waals surface area contributed by atoms with Crippen molar-refractivity contribution in [3.8, 4) is 39.1 Å². The second kappa shape index (κ2) is 7.84. The summed E-state index contributed by atoms with van der Waals surface area (Å²) in [5.74, 6) is 0. The van der Waals surface area contributed by atoms with E-state index in [1.807, 2.05) is 6.08 Å². The molecule has 0 spiro atoms. The van der Waals surface area contributed by atoms with Crippen molar-refractivity contribution in [1.29, 1.82) is 0 Å². The van der Waals surface area contributed by atoms with E-state index in [9.17, 15) is 0 Å². The smallest absolute Gasteiger partial charge is 0.0538 e. The summed E-state index contributed by atoms with van der Waals surface area (Å²) < 4.78 is 2.39. The van der Waals surface area contributed by atoms with Crippen LogP contribution < -0.4 is 5.73 Å². The summed E-state index contributed by atoms with van der Waals surface area (Å²) in [6.07, 6.45) is 3.78. The van der Waals surface area contributed by atoms with E-state index in [0.717, 1.165) is 29.7 Å². The molecule has 6 aromatic rings. The van der Waals surface area contributed by atoms with Crippen LogP contribution in [-0.2, 0) is 6.42 Å². The third-order valence-corrected chi connectivity index (χ3v) is 8.45. The summed E-state index contributed by atoms with van der Waals surface area (Å²) >= 11 is 0. The highest BCUT2D eigenvalue weighted by atomic mass is 15.0. The van der Waals surface area contributed by atoms with Crippen molar-refractivity contribution in [1.82, 2.24) is 4.57 Å². The van der Waals surface area contributed by atoms with Gasteiger partial charge in [-0.1, -0.05) is 97.6 Å². The van der Waals surface area contributed by atoms with Crippen molar-refractivity contribution in [2.24, 2.45) is 5.73 Å². The number of hydrogen-bond donors (Lipinski definition) is 1. The Balaban J connectivity index is 1.29. The summed E-state index contributed by atoms with van der Waals surface area (Å²) in [5.41, 5.74) is 21.3. The number of nitrogens with two attached hydrogens (primary N) is 1. The number of hydrogen-bond acceptors (Lipinski definition) is 1. The Bertz CT molecular complexity index is 1950. The number of aromatic nitrogens is 1. The van der Waals surface area contributed by atoms with E-state index in [1.165, 1.54) is 66.4 Å². The van der Waals surface area contributed by atoms with E-state index < -0.39 is 0 Å². The minimum atomic E-state index is 0.863. The lowest BCUT2D eigenvalue weighted by Gasteiger charge is -2.19. The molecule has 5 aromatic carbocycles. The van der Waals surface area contributed by atoms with Crippen LogP contribution in [0.1, 0.15) is 17.7 Å². The molecule has 2 aliphatic carbocycles. The molecule has 1 aromatic heterocycles. The van der Waals surface area contributed by atoms with Crippen LogP contribution in [-0.4, -0.2) is 4.57 Å². The molecular formula is C36H26N2. The van der Waals surface area contributed by atoms with Gasteiger partial charge in [-0.25, -0.2) is 0 Å². The molecule has 0 saturated heterocycles. The van der Waals surface area contributed by atoms with Gasteiger partial charge in [0, 0.05) is 28.0 Å². The van der Waals surface area contributed by atoms with Crippen molar-refractivity contribution in [2.45, 2.75) is 12.8 Å². The number of rotatable bonds is 3. The summed E-state index contributed by atoms with van der Waals surface area (Å²) in [6, 6.07) is 37.6. The minimum absolute atomic E-state index is 0.863. The molecule has 2 heteroatoms. The number of nitrogens with zero attached hydrogens (tertiary/aromatic N) is 1. The van der Waals surface area contributed by atoms with Gasteiger partial charge < -0.3 is 10.3 Å². The molecule has 1 heterocycles. The maximum Gasteiger partial charge on any atom is 0.0538 e. The SMILES string of the molecule is C=CC1=C(N)c2c(n(-c3ccc(-c4ccc5c6c(cccc46)-c4ccccc4-5)cc3)c3ccccc23)CC1. The first kappa shape index (κ1) is 21.3. The van der Waals surface area contributed by atoms with Gasteiger partial charge in [0.15, 0.2) is 0 Å². The first-order valence-electron chi connectivity index (χ1n) is 13.2. The van der Waals surface area contributed by atoms with Gasteiger partial charge in [-0.15, -0.1) is 0 Å². The molecule has 38 heavy (non-hydrogen) atoms. The van der Waals surface area contributed by atoms with Gasteiger partial charge in [-0.05, 0) is 80.8 Å². The monoisotopic (exact) mass is 486 g/mol. The van der Waals surface area contributed by atoms with Crippen LogP contribution in [0.5, 0.6) is 0 Å². The highest BCUT2D eigenvalue weighted by molar-refractivity contribution is 6.18. The summed E-state index contributed by atoms with van der Waals surface area (Å²) in [4.78, 5) is 0. The summed E-state index contributed by atoms with van der Waals surface area (Å²) in [7, 11) is 0. The van der Waals surface area contributed by atoms with Crippen LogP contribution in [0.3, 0.4) is 0 Å². The fourth-order valence-electron chi connectivity index (χ4n) is 6.74. The largest absolute Gasteiger partial charge is 0.398 e. The van der Waals surface area contributed by atoms with E-state index in [2.05, 4.69) is 114 Å². The average molecular weight is 487 g/mol. The predicted molar refractivity (Wildman–Crippen MR) is 160 cm³/mol. The lowest BCUT2D eigenvalue weighted by molar-refractivity contribution is 0.861.